The molecule has 2 atom stereocenters. The second-order valence-electron chi connectivity index (χ2n) is 4.02. The summed E-state index contributed by atoms with van der Waals surface area (Å²) in [5.74, 6) is 1.69. The maximum atomic E-state index is 11.6. The smallest absolute Gasteiger partial charge is 0.211 e. The minimum Gasteiger partial charge on any atom is -0.214 e. The van der Waals surface area contributed by atoms with Gasteiger partial charge in [-0.1, -0.05) is 6.92 Å². The van der Waals surface area contributed by atoms with Gasteiger partial charge in [-0.2, -0.15) is 11.8 Å². The van der Waals surface area contributed by atoms with Crippen molar-refractivity contribution < 1.29 is 8.42 Å². The number of thioether (sulfide) groups is 1. The molecule has 0 aromatic rings. The van der Waals surface area contributed by atoms with Gasteiger partial charge in [0.1, 0.15) is 0 Å². The number of halogens is 1. The van der Waals surface area contributed by atoms with Crippen molar-refractivity contribution in [3.8, 4) is 0 Å². The number of sulfonamides is 1. The summed E-state index contributed by atoms with van der Waals surface area (Å²) >= 11 is 7.44. The summed E-state index contributed by atoms with van der Waals surface area (Å²) in [5.41, 5.74) is 0. The molecule has 1 fully saturated rings. The summed E-state index contributed by atoms with van der Waals surface area (Å²) in [6.45, 7) is 2.42. The number of hydrogen-bond donors (Lipinski definition) is 1. The molecule has 1 aliphatic heterocycles. The summed E-state index contributed by atoms with van der Waals surface area (Å²) in [7, 11) is -3.13. The zero-order valence-corrected chi connectivity index (χ0v) is 11.3. The highest BCUT2D eigenvalue weighted by Crippen LogP contribution is 2.25. The molecule has 0 aromatic carbocycles. The normalized spacial score (nSPS) is 24.3. The first-order valence-electron chi connectivity index (χ1n) is 5.18. The van der Waals surface area contributed by atoms with Crippen molar-refractivity contribution in [2.45, 2.75) is 25.0 Å². The number of hydrogen-bond acceptors (Lipinski definition) is 3. The third kappa shape index (κ3) is 5.43. The van der Waals surface area contributed by atoms with E-state index in [2.05, 4.69) is 4.72 Å². The molecule has 0 spiro atoms. The van der Waals surface area contributed by atoms with Crippen LogP contribution in [0.15, 0.2) is 0 Å². The highest BCUT2D eigenvalue weighted by Gasteiger charge is 2.20. The molecule has 15 heavy (non-hydrogen) atoms. The molecule has 0 saturated carbocycles. The monoisotopic (exact) mass is 271 g/mol. The maximum Gasteiger partial charge on any atom is 0.211 e. The van der Waals surface area contributed by atoms with Crippen molar-refractivity contribution in [1.82, 2.24) is 4.72 Å². The third-order valence-electron chi connectivity index (χ3n) is 2.32. The summed E-state index contributed by atoms with van der Waals surface area (Å²) in [4.78, 5) is 0. The van der Waals surface area contributed by atoms with E-state index in [0.717, 1.165) is 12.2 Å². The van der Waals surface area contributed by atoms with E-state index in [1.54, 1.807) is 0 Å². The molecule has 0 amide bonds. The van der Waals surface area contributed by atoms with Crippen LogP contribution in [0.1, 0.15) is 19.8 Å². The molecule has 6 heteroatoms. The SMILES string of the molecule is CC(CCl)CS(=O)(=O)NCC1CCCS1. The van der Waals surface area contributed by atoms with Gasteiger partial charge in [-0.25, -0.2) is 13.1 Å². The number of alkyl halides is 1. The molecular weight excluding hydrogens is 254 g/mol. The molecule has 1 heterocycles. The highest BCUT2D eigenvalue weighted by atomic mass is 35.5. The zero-order valence-electron chi connectivity index (χ0n) is 8.91. The summed E-state index contributed by atoms with van der Waals surface area (Å²) in [6, 6.07) is 0. The minimum absolute atomic E-state index is 0.0143. The van der Waals surface area contributed by atoms with Crippen molar-refractivity contribution in [2.24, 2.45) is 5.92 Å². The van der Waals surface area contributed by atoms with Crippen molar-refractivity contribution in [3.05, 3.63) is 0 Å². The molecule has 0 radical (unpaired) electrons. The van der Waals surface area contributed by atoms with Gasteiger partial charge in [0.05, 0.1) is 5.75 Å². The molecule has 1 rings (SSSR count). The van der Waals surface area contributed by atoms with Gasteiger partial charge in [0, 0.05) is 17.7 Å². The number of rotatable bonds is 6. The average Bonchev–Trinajstić information content (AvgIpc) is 2.66. The Morgan fingerprint density at radius 1 is 1.60 bits per heavy atom. The Bertz CT molecular complexity index is 276. The van der Waals surface area contributed by atoms with E-state index in [1.165, 1.54) is 6.42 Å². The second kappa shape index (κ2) is 6.33. The van der Waals surface area contributed by atoms with E-state index in [-0.39, 0.29) is 11.7 Å². The summed E-state index contributed by atoms with van der Waals surface area (Å²) < 4.78 is 25.8. The number of nitrogens with one attached hydrogen (secondary N) is 1. The Morgan fingerprint density at radius 2 is 2.33 bits per heavy atom. The van der Waals surface area contributed by atoms with E-state index in [0.29, 0.717) is 17.7 Å². The van der Waals surface area contributed by atoms with Crippen molar-refractivity contribution in [3.63, 3.8) is 0 Å². The molecule has 0 aromatic heterocycles. The highest BCUT2D eigenvalue weighted by molar-refractivity contribution is 8.00. The maximum absolute atomic E-state index is 11.6. The van der Waals surface area contributed by atoms with Gasteiger partial charge in [0.15, 0.2) is 0 Å². The van der Waals surface area contributed by atoms with E-state index in [4.69, 9.17) is 11.6 Å². The van der Waals surface area contributed by atoms with Crippen molar-refractivity contribution >= 4 is 33.4 Å². The second-order valence-corrected chi connectivity index (χ2v) is 7.59. The fraction of sp³-hybridized carbons (Fsp3) is 1.00. The van der Waals surface area contributed by atoms with Gasteiger partial charge in [-0.3, -0.25) is 0 Å². The first-order valence-corrected chi connectivity index (χ1v) is 8.42. The van der Waals surface area contributed by atoms with E-state index >= 15 is 0 Å². The lowest BCUT2D eigenvalue weighted by Crippen LogP contribution is -2.33. The van der Waals surface area contributed by atoms with Crippen LogP contribution in [-0.2, 0) is 10.0 Å². The molecule has 0 aliphatic carbocycles. The lowest BCUT2D eigenvalue weighted by Gasteiger charge is -2.12. The van der Waals surface area contributed by atoms with Crippen LogP contribution in [0, 0.1) is 5.92 Å². The van der Waals surface area contributed by atoms with Crippen LogP contribution in [0.25, 0.3) is 0 Å². The van der Waals surface area contributed by atoms with Gasteiger partial charge in [-0.05, 0) is 24.5 Å². The average molecular weight is 272 g/mol. The third-order valence-corrected chi connectivity index (χ3v) is 5.86. The molecule has 3 nitrogen and oxygen atoms in total. The van der Waals surface area contributed by atoms with E-state index < -0.39 is 10.0 Å². The molecule has 90 valence electrons. The Morgan fingerprint density at radius 3 is 2.87 bits per heavy atom. The molecule has 1 aliphatic rings. The van der Waals surface area contributed by atoms with Crippen LogP contribution < -0.4 is 4.72 Å². The molecule has 0 bridgehead atoms. The summed E-state index contributed by atoms with van der Waals surface area (Å²) in [5, 5.41) is 0.464. The van der Waals surface area contributed by atoms with E-state index in [9.17, 15) is 8.42 Å². The Labute approximate surface area is 101 Å². The van der Waals surface area contributed by atoms with Crippen LogP contribution in [0.5, 0.6) is 0 Å². The minimum atomic E-state index is -3.13. The van der Waals surface area contributed by atoms with Gasteiger partial charge >= 0.3 is 0 Å². The van der Waals surface area contributed by atoms with Crippen LogP contribution >= 0.6 is 23.4 Å². The van der Waals surface area contributed by atoms with Crippen LogP contribution in [0.2, 0.25) is 0 Å². The van der Waals surface area contributed by atoms with Crippen molar-refractivity contribution in [2.75, 3.05) is 23.9 Å². The van der Waals surface area contributed by atoms with Gasteiger partial charge in [0.2, 0.25) is 10.0 Å². The van der Waals surface area contributed by atoms with Crippen LogP contribution in [-0.4, -0.2) is 37.6 Å². The Balaban J connectivity index is 2.29. The van der Waals surface area contributed by atoms with Crippen LogP contribution in [0.3, 0.4) is 0 Å². The predicted octanol–water partition coefficient (Wildman–Crippen LogP) is 1.68. The molecular formula is C9H18ClNO2S2. The van der Waals surface area contributed by atoms with Gasteiger partial charge in [0.25, 0.3) is 0 Å². The predicted molar refractivity (Wildman–Crippen MR) is 67.2 cm³/mol. The lowest BCUT2D eigenvalue weighted by atomic mass is 10.2. The van der Waals surface area contributed by atoms with Crippen molar-refractivity contribution in [1.29, 1.82) is 0 Å². The standard InChI is InChI=1S/C9H18ClNO2S2/c1-8(5-10)7-15(12,13)11-6-9-3-2-4-14-9/h8-9,11H,2-7H2,1H3. The zero-order chi connectivity index (χ0) is 11.3. The van der Waals surface area contributed by atoms with Crippen LogP contribution in [0.4, 0.5) is 0 Å². The fourth-order valence-electron chi connectivity index (χ4n) is 1.50. The van der Waals surface area contributed by atoms with Gasteiger partial charge < -0.3 is 0 Å². The first-order chi connectivity index (χ1) is 7.03. The topological polar surface area (TPSA) is 46.2 Å². The summed E-state index contributed by atoms with van der Waals surface area (Å²) in [6.07, 6.45) is 2.33. The molecule has 1 saturated heterocycles. The Hall–Kier alpha value is 0.550. The molecule has 1 N–H and O–H groups in total. The first kappa shape index (κ1) is 13.6. The fourth-order valence-corrected chi connectivity index (χ4v) is 4.49. The lowest BCUT2D eigenvalue weighted by molar-refractivity contribution is 0.566. The quantitative estimate of drug-likeness (QED) is 0.748. The van der Waals surface area contributed by atoms with E-state index in [1.807, 2.05) is 18.7 Å². The molecule has 2 unspecified atom stereocenters. The largest absolute Gasteiger partial charge is 0.214 e. The van der Waals surface area contributed by atoms with Gasteiger partial charge in [-0.15, -0.1) is 11.6 Å². The Kier molecular flexibility index (Phi) is 5.74.